The molecule has 0 saturated carbocycles. The highest BCUT2D eigenvalue weighted by molar-refractivity contribution is 7.97. The van der Waals surface area contributed by atoms with Crippen LogP contribution >= 0.6 is 11.9 Å². The maximum Gasteiger partial charge on any atom is 0.129 e. The van der Waals surface area contributed by atoms with Crippen molar-refractivity contribution >= 4 is 23.3 Å². The molecule has 1 N–H and O–H groups in total. The maximum atomic E-state index is 6.17. The molecule has 136 valence electrons. The highest BCUT2D eigenvalue weighted by atomic mass is 32.2. The molecule has 3 aliphatic heterocycles. The van der Waals surface area contributed by atoms with Crippen LogP contribution in [0.4, 0.5) is 11.4 Å². The molecule has 3 heterocycles. The number of hydrogen-bond donors (Lipinski definition) is 1. The summed E-state index contributed by atoms with van der Waals surface area (Å²) < 4.78 is 15.2. The second-order valence-corrected chi connectivity index (χ2v) is 7.78. The summed E-state index contributed by atoms with van der Waals surface area (Å²) >= 11 is 1.72. The minimum atomic E-state index is 0.476. The van der Waals surface area contributed by atoms with Crippen LogP contribution in [0.25, 0.3) is 0 Å². The molecule has 5 nitrogen and oxygen atoms in total. The highest BCUT2D eigenvalue weighted by Crippen LogP contribution is 2.41. The summed E-state index contributed by atoms with van der Waals surface area (Å²) in [5.74, 6) is 1.76. The van der Waals surface area contributed by atoms with Gasteiger partial charge in [-0.3, -0.25) is 0 Å². The van der Waals surface area contributed by atoms with Gasteiger partial charge >= 0.3 is 0 Å². The lowest BCUT2D eigenvalue weighted by molar-refractivity contribution is 0.122. The second-order valence-electron chi connectivity index (χ2n) is 6.90. The van der Waals surface area contributed by atoms with Gasteiger partial charge in [0, 0.05) is 36.3 Å². The van der Waals surface area contributed by atoms with Gasteiger partial charge in [0.15, 0.2) is 0 Å². The van der Waals surface area contributed by atoms with Crippen molar-refractivity contribution in [1.29, 1.82) is 0 Å². The Kier molecular flexibility index (Phi) is 4.40. The monoisotopic (exact) mass is 369 g/mol. The summed E-state index contributed by atoms with van der Waals surface area (Å²) in [5, 5.41) is 0. The van der Waals surface area contributed by atoms with E-state index in [0.29, 0.717) is 6.17 Å². The molecule has 1 atom stereocenters. The summed E-state index contributed by atoms with van der Waals surface area (Å²) in [4.78, 5) is 6.05. The Morgan fingerprint density at radius 2 is 1.92 bits per heavy atom. The van der Waals surface area contributed by atoms with Crippen LogP contribution in [0, 0.1) is 0 Å². The van der Waals surface area contributed by atoms with Crippen molar-refractivity contribution in [3.05, 3.63) is 42.5 Å². The van der Waals surface area contributed by atoms with Gasteiger partial charge in [-0.15, -0.1) is 0 Å². The number of fused-ring (bicyclic) bond motifs is 3. The normalized spacial score (nSPS) is 22.1. The van der Waals surface area contributed by atoms with Crippen molar-refractivity contribution in [2.45, 2.75) is 23.9 Å². The Balaban J connectivity index is 1.35. The van der Waals surface area contributed by atoms with Crippen molar-refractivity contribution < 1.29 is 9.47 Å². The van der Waals surface area contributed by atoms with Gasteiger partial charge in [-0.05, 0) is 55.1 Å². The van der Waals surface area contributed by atoms with Gasteiger partial charge in [0.1, 0.15) is 11.5 Å². The number of ether oxygens (including phenoxy) is 2. The first kappa shape index (κ1) is 16.3. The van der Waals surface area contributed by atoms with Crippen LogP contribution in [0.1, 0.15) is 12.8 Å². The van der Waals surface area contributed by atoms with Gasteiger partial charge in [0.2, 0.25) is 0 Å². The van der Waals surface area contributed by atoms with Gasteiger partial charge in [-0.1, -0.05) is 6.07 Å². The Labute approximate surface area is 158 Å². The molecule has 26 heavy (non-hydrogen) atoms. The summed E-state index contributed by atoms with van der Waals surface area (Å²) in [5.41, 5.74) is 2.52. The minimum Gasteiger partial charge on any atom is -0.457 e. The zero-order valence-corrected chi connectivity index (χ0v) is 15.5. The van der Waals surface area contributed by atoms with Gasteiger partial charge in [0.05, 0.1) is 25.1 Å². The number of nitrogens with one attached hydrogen (secondary N) is 1. The fourth-order valence-electron chi connectivity index (χ4n) is 3.89. The molecule has 5 rings (SSSR count). The fourth-order valence-corrected chi connectivity index (χ4v) is 4.86. The van der Waals surface area contributed by atoms with Gasteiger partial charge in [-0.25, -0.2) is 4.72 Å². The van der Waals surface area contributed by atoms with Crippen molar-refractivity contribution in [2.75, 3.05) is 42.6 Å². The summed E-state index contributed by atoms with van der Waals surface area (Å²) in [6.07, 6.45) is 2.95. The van der Waals surface area contributed by atoms with Crippen LogP contribution in [0.15, 0.2) is 47.4 Å². The standard InChI is InChI=1S/C20H23N3O2S/c1-3-15(22-9-11-24-12-10-22)13-16(4-1)25-17-6-7-18-19(14-17)26-21-20-5-2-8-23(18)20/h1,3-4,6-7,13-14,20-21H,2,5,8-12H2. The average Bonchev–Trinajstić information content (AvgIpc) is 3.18. The topological polar surface area (TPSA) is 37.0 Å². The zero-order valence-electron chi connectivity index (χ0n) is 14.7. The number of nitrogens with zero attached hydrogens (tertiary/aromatic N) is 2. The molecule has 1 unspecified atom stereocenters. The number of anilines is 2. The molecule has 2 aromatic rings. The van der Waals surface area contributed by atoms with E-state index in [0.717, 1.165) is 44.3 Å². The Morgan fingerprint density at radius 1 is 1.04 bits per heavy atom. The van der Waals surface area contributed by atoms with Gasteiger partial charge in [0.25, 0.3) is 0 Å². The maximum absolute atomic E-state index is 6.17. The van der Waals surface area contributed by atoms with E-state index in [1.807, 2.05) is 6.07 Å². The lowest BCUT2D eigenvalue weighted by Gasteiger charge is -2.33. The van der Waals surface area contributed by atoms with Crippen LogP contribution in [0.3, 0.4) is 0 Å². The van der Waals surface area contributed by atoms with Crippen LogP contribution in [0.2, 0.25) is 0 Å². The van der Waals surface area contributed by atoms with Crippen LogP contribution in [-0.4, -0.2) is 39.0 Å². The summed E-state index contributed by atoms with van der Waals surface area (Å²) in [6.45, 7) is 4.57. The molecule has 3 aliphatic rings. The molecule has 2 aromatic carbocycles. The molecule has 0 radical (unpaired) electrons. The SMILES string of the molecule is c1cc(Oc2ccc3c(c2)SNC2CCCN32)cc(N2CCOCC2)c1. The molecule has 0 aromatic heterocycles. The molecule has 2 saturated heterocycles. The molecular formula is C20H23N3O2S. The van der Waals surface area contributed by atoms with Crippen molar-refractivity contribution in [1.82, 2.24) is 4.72 Å². The lowest BCUT2D eigenvalue weighted by atomic mass is 10.2. The van der Waals surface area contributed by atoms with Crippen LogP contribution in [0.5, 0.6) is 11.5 Å². The number of hydrogen-bond acceptors (Lipinski definition) is 6. The lowest BCUT2D eigenvalue weighted by Crippen LogP contribution is -2.41. The fraction of sp³-hybridized carbons (Fsp3) is 0.400. The molecule has 6 heteroatoms. The first-order valence-electron chi connectivity index (χ1n) is 9.30. The molecule has 0 spiro atoms. The van der Waals surface area contributed by atoms with Crippen LogP contribution < -0.4 is 19.3 Å². The predicted octanol–water partition coefficient (Wildman–Crippen LogP) is 3.85. The molecular weight excluding hydrogens is 346 g/mol. The Bertz CT molecular complexity index is 794. The Hall–Kier alpha value is -1.89. The second kappa shape index (κ2) is 7.02. The van der Waals surface area contributed by atoms with Crippen LogP contribution in [-0.2, 0) is 4.74 Å². The van der Waals surface area contributed by atoms with Gasteiger partial charge < -0.3 is 19.3 Å². The number of benzene rings is 2. The summed E-state index contributed by atoms with van der Waals surface area (Å²) in [6, 6.07) is 14.8. The Morgan fingerprint density at radius 3 is 2.85 bits per heavy atom. The predicted molar refractivity (Wildman–Crippen MR) is 105 cm³/mol. The molecule has 0 bridgehead atoms. The van der Waals surface area contributed by atoms with E-state index < -0.39 is 0 Å². The third-order valence-electron chi connectivity index (χ3n) is 5.23. The minimum absolute atomic E-state index is 0.476. The quantitative estimate of drug-likeness (QED) is 0.829. The molecule has 2 fully saturated rings. The van der Waals surface area contributed by atoms with Gasteiger partial charge in [-0.2, -0.15) is 0 Å². The van der Waals surface area contributed by atoms with Crippen molar-refractivity contribution in [2.24, 2.45) is 0 Å². The van der Waals surface area contributed by atoms with E-state index in [4.69, 9.17) is 9.47 Å². The van der Waals surface area contributed by atoms with E-state index in [-0.39, 0.29) is 0 Å². The first-order valence-corrected chi connectivity index (χ1v) is 10.1. The number of rotatable bonds is 3. The van der Waals surface area contributed by atoms with E-state index in [1.165, 1.54) is 29.1 Å². The molecule has 0 aliphatic carbocycles. The van der Waals surface area contributed by atoms with E-state index in [1.54, 1.807) is 11.9 Å². The third kappa shape index (κ3) is 3.13. The largest absolute Gasteiger partial charge is 0.457 e. The number of morpholine rings is 1. The summed E-state index contributed by atoms with van der Waals surface area (Å²) in [7, 11) is 0. The average molecular weight is 369 g/mol. The van der Waals surface area contributed by atoms with E-state index >= 15 is 0 Å². The third-order valence-corrected chi connectivity index (χ3v) is 6.16. The molecule has 0 amide bonds. The van der Waals surface area contributed by atoms with Crippen molar-refractivity contribution in [3.8, 4) is 11.5 Å². The van der Waals surface area contributed by atoms with E-state index in [2.05, 4.69) is 50.9 Å². The highest BCUT2D eigenvalue weighted by Gasteiger charge is 2.30. The van der Waals surface area contributed by atoms with Crippen molar-refractivity contribution in [3.63, 3.8) is 0 Å². The zero-order chi connectivity index (χ0) is 17.3. The first-order chi connectivity index (χ1) is 12.9. The van der Waals surface area contributed by atoms with E-state index in [9.17, 15) is 0 Å². The smallest absolute Gasteiger partial charge is 0.129 e.